The average molecular weight is 314 g/mol. The fraction of sp³-hybridized carbons (Fsp3) is 0.923. The third-order valence-electron chi connectivity index (χ3n) is 3.42. The number of hydrogen-bond acceptors (Lipinski definition) is 3. The molecule has 0 aliphatic heterocycles. The summed E-state index contributed by atoms with van der Waals surface area (Å²) in [5.74, 6) is 0.0295. The van der Waals surface area contributed by atoms with Crippen molar-refractivity contribution in [1.29, 1.82) is 0 Å². The van der Waals surface area contributed by atoms with Crippen LogP contribution in [0.3, 0.4) is 0 Å². The van der Waals surface area contributed by atoms with Gasteiger partial charge in [-0.05, 0) is 32.4 Å². The fourth-order valence-corrected chi connectivity index (χ4v) is 2.64. The minimum atomic E-state index is -0.603. The minimum Gasteiger partial charge on any atom is -0.354 e. The van der Waals surface area contributed by atoms with Gasteiger partial charge in [-0.3, -0.25) is 4.79 Å². The van der Waals surface area contributed by atoms with Crippen LogP contribution in [0.25, 0.3) is 0 Å². The molecule has 4 nitrogen and oxygen atoms in total. The molecule has 19 heavy (non-hydrogen) atoms. The van der Waals surface area contributed by atoms with E-state index in [-0.39, 0.29) is 36.1 Å². The second kappa shape index (κ2) is 8.30. The van der Waals surface area contributed by atoms with Crippen molar-refractivity contribution in [2.75, 3.05) is 27.2 Å². The van der Waals surface area contributed by atoms with E-state index in [1.54, 1.807) is 0 Å². The Kier molecular flexibility index (Phi) is 9.29. The van der Waals surface area contributed by atoms with Crippen molar-refractivity contribution in [3.8, 4) is 0 Å². The lowest BCUT2D eigenvalue weighted by Crippen LogP contribution is -2.54. The van der Waals surface area contributed by atoms with Gasteiger partial charge in [0.05, 0.1) is 5.54 Å². The monoisotopic (exact) mass is 313 g/mol. The largest absolute Gasteiger partial charge is 0.354 e. The van der Waals surface area contributed by atoms with E-state index in [4.69, 9.17) is 5.73 Å². The van der Waals surface area contributed by atoms with Gasteiger partial charge in [0.1, 0.15) is 0 Å². The molecule has 0 saturated heterocycles. The lowest BCUT2D eigenvalue weighted by atomic mass is 9.91. The zero-order valence-electron chi connectivity index (χ0n) is 12.5. The second-order valence-corrected chi connectivity index (χ2v) is 6.45. The Hall–Kier alpha value is -0.0300. The number of amides is 1. The van der Waals surface area contributed by atoms with E-state index >= 15 is 0 Å². The second-order valence-electron chi connectivity index (χ2n) is 6.45. The summed E-state index contributed by atoms with van der Waals surface area (Å²) >= 11 is 0. The smallest absolute Gasteiger partial charge is 0.240 e. The van der Waals surface area contributed by atoms with Crippen LogP contribution in [-0.2, 0) is 4.79 Å². The van der Waals surface area contributed by atoms with Crippen molar-refractivity contribution in [2.24, 2.45) is 11.1 Å². The third-order valence-corrected chi connectivity index (χ3v) is 3.42. The summed E-state index contributed by atoms with van der Waals surface area (Å²) in [6.07, 6.45) is 3.80. The molecule has 1 aliphatic rings. The number of carbonyl (C=O) groups is 1. The topological polar surface area (TPSA) is 58.4 Å². The van der Waals surface area contributed by atoms with Crippen LogP contribution in [0.1, 0.15) is 39.5 Å². The van der Waals surface area contributed by atoms with Gasteiger partial charge in [-0.25, -0.2) is 0 Å². The van der Waals surface area contributed by atoms with Gasteiger partial charge in [-0.2, -0.15) is 0 Å². The Morgan fingerprint density at radius 3 is 2.16 bits per heavy atom. The molecule has 1 aliphatic carbocycles. The molecule has 1 amide bonds. The maximum atomic E-state index is 12.0. The minimum absolute atomic E-state index is 0. The molecular formula is C13H29Cl2N3O. The SMILES string of the molecule is CN(C)CC(C)(C)CNC(=O)C1(N)CCCC1.Cl.Cl. The number of hydrogen-bond donors (Lipinski definition) is 2. The van der Waals surface area contributed by atoms with E-state index in [1.165, 1.54) is 0 Å². The maximum Gasteiger partial charge on any atom is 0.240 e. The number of nitrogens with one attached hydrogen (secondary N) is 1. The highest BCUT2D eigenvalue weighted by Crippen LogP contribution is 2.27. The third kappa shape index (κ3) is 6.80. The van der Waals surface area contributed by atoms with Crippen molar-refractivity contribution >= 4 is 30.7 Å². The highest BCUT2D eigenvalue weighted by atomic mass is 35.5. The Labute approximate surface area is 129 Å². The van der Waals surface area contributed by atoms with Crippen LogP contribution in [0.4, 0.5) is 0 Å². The van der Waals surface area contributed by atoms with Crippen LogP contribution in [0.5, 0.6) is 0 Å². The number of halogens is 2. The molecule has 0 aromatic carbocycles. The first-order valence-electron chi connectivity index (χ1n) is 6.47. The van der Waals surface area contributed by atoms with E-state index in [0.29, 0.717) is 6.54 Å². The average Bonchev–Trinajstić information content (AvgIpc) is 2.61. The zero-order valence-corrected chi connectivity index (χ0v) is 14.1. The summed E-state index contributed by atoms with van der Waals surface area (Å²) in [5, 5.41) is 3.02. The molecule has 0 spiro atoms. The first-order chi connectivity index (χ1) is 7.75. The molecule has 0 atom stereocenters. The lowest BCUT2D eigenvalue weighted by Gasteiger charge is -2.30. The molecule has 0 radical (unpaired) electrons. The number of carbonyl (C=O) groups excluding carboxylic acids is 1. The fourth-order valence-electron chi connectivity index (χ4n) is 2.64. The lowest BCUT2D eigenvalue weighted by molar-refractivity contribution is -0.126. The molecule has 3 N–H and O–H groups in total. The molecule has 116 valence electrons. The molecular weight excluding hydrogens is 285 g/mol. The first-order valence-corrected chi connectivity index (χ1v) is 6.47. The Morgan fingerprint density at radius 2 is 1.74 bits per heavy atom. The van der Waals surface area contributed by atoms with Crippen LogP contribution >= 0.6 is 24.8 Å². The van der Waals surface area contributed by atoms with Gasteiger partial charge in [0, 0.05) is 13.1 Å². The highest BCUT2D eigenvalue weighted by Gasteiger charge is 2.37. The van der Waals surface area contributed by atoms with Gasteiger partial charge in [-0.15, -0.1) is 24.8 Å². The van der Waals surface area contributed by atoms with E-state index in [2.05, 4.69) is 24.1 Å². The van der Waals surface area contributed by atoms with Gasteiger partial charge in [0.2, 0.25) is 5.91 Å². The molecule has 6 heteroatoms. The predicted octanol–water partition coefficient (Wildman–Crippen LogP) is 1.81. The van der Waals surface area contributed by atoms with Gasteiger partial charge in [0.25, 0.3) is 0 Å². The van der Waals surface area contributed by atoms with Gasteiger partial charge in [0.15, 0.2) is 0 Å². The van der Waals surface area contributed by atoms with Crippen molar-refractivity contribution in [1.82, 2.24) is 10.2 Å². The Bertz CT molecular complexity index is 277. The predicted molar refractivity (Wildman–Crippen MR) is 85.2 cm³/mol. The molecule has 0 unspecified atom stereocenters. The summed E-state index contributed by atoms with van der Waals surface area (Å²) in [6.45, 7) is 5.95. The van der Waals surface area contributed by atoms with Crippen molar-refractivity contribution in [3.05, 3.63) is 0 Å². The van der Waals surface area contributed by atoms with Gasteiger partial charge < -0.3 is 16.0 Å². The van der Waals surface area contributed by atoms with Crippen LogP contribution in [0.2, 0.25) is 0 Å². The summed E-state index contributed by atoms with van der Waals surface area (Å²) in [5.41, 5.74) is 5.59. The van der Waals surface area contributed by atoms with E-state index in [9.17, 15) is 4.79 Å². The number of nitrogens with zero attached hydrogens (tertiary/aromatic N) is 1. The zero-order chi connectivity index (χ0) is 13.1. The molecule has 0 aromatic rings. The van der Waals surface area contributed by atoms with Crippen molar-refractivity contribution < 1.29 is 4.79 Å². The number of rotatable bonds is 5. The normalized spacial score (nSPS) is 17.6. The van der Waals surface area contributed by atoms with Crippen LogP contribution in [-0.4, -0.2) is 43.5 Å². The summed E-state index contributed by atoms with van der Waals surface area (Å²) in [6, 6.07) is 0. The van der Waals surface area contributed by atoms with E-state index in [1.807, 2.05) is 14.1 Å². The van der Waals surface area contributed by atoms with Gasteiger partial charge >= 0.3 is 0 Å². The van der Waals surface area contributed by atoms with Crippen molar-refractivity contribution in [2.45, 2.75) is 45.1 Å². The van der Waals surface area contributed by atoms with Crippen LogP contribution < -0.4 is 11.1 Å². The van der Waals surface area contributed by atoms with E-state index < -0.39 is 5.54 Å². The van der Waals surface area contributed by atoms with Crippen molar-refractivity contribution in [3.63, 3.8) is 0 Å². The molecule has 0 bridgehead atoms. The highest BCUT2D eigenvalue weighted by molar-refractivity contribution is 5.86. The number of nitrogens with two attached hydrogens (primary N) is 1. The summed E-state index contributed by atoms with van der Waals surface area (Å²) in [4.78, 5) is 14.2. The maximum absolute atomic E-state index is 12.0. The summed E-state index contributed by atoms with van der Waals surface area (Å²) in [7, 11) is 4.09. The summed E-state index contributed by atoms with van der Waals surface area (Å²) < 4.78 is 0. The molecule has 1 saturated carbocycles. The Balaban J connectivity index is 0. The van der Waals surface area contributed by atoms with Crippen LogP contribution in [0, 0.1) is 5.41 Å². The van der Waals surface area contributed by atoms with E-state index in [0.717, 1.165) is 32.2 Å². The van der Waals surface area contributed by atoms with Crippen LogP contribution in [0.15, 0.2) is 0 Å². The standard InChI is InChI=1S/C13H27N3O.2ClH/c1-12(2,10-16(3)4)9-15-11(17)13(14)7-5-6-8-13;;/h5-10,14H2,1-4H3,(H,15,17);2*1H. The van der Waals surface area contributed by atoms with Gasteiger partial charge in [-0.1, -0.05) is 26.7 Å². The molecule has 0 heterocycles. The molecule has 1 fully saturated rings. The quantitative estimate of drug-likeness (QED) is 0.813. The first kappa shape index (κ1) is 21.3. The molecule has 1 rings (SSSR count). The molecule has 0 aromatic heterocycles. The Morgan fingerprint density at radius 1 is 1.26 bits per heavy atom.